The van der Waals surface area contributed by atoms with Crippen LogP contribution in [0.4, 0.5) is 14.9 Å². The van der Waals surface area contributed by atoms with Gasteiger partial charge >= 0.3 is 12.0 Å². The Balaban J connectivity index is 1.94. The van der Waals surface area contributed by atoms with Gasteiger partial charge in [0.05, 0.1) is 32.4 Å². The van der Waals surface area contributed by atoms with Crippen LogP contribution in [0.2, 0.25) is 0 Å². The summed E-state index contributed by atoms with van der Waals surface area (Å²) in [5.74, 6) is -0.658. The Labute approximate surface area is 175 Å². The van der Waals surface area contributed by atoms with Crippen LogP contribution in [-0.2, 0) is 11.2 Å². The van der Waals surface area contributed by atoms with Crippen LogP contribution in [0.3, 0.4) is 0 Å². The zero-order chi connectivity index (χ0) is 21.1. The van der Waals surface area contributed by atoms with Gasteiger partial charge in [-0.1, -0.05) is 15.9 Å². The third-order valence-corrected chi connectivity index (χ3v) is 5.30. The smallest absolute Gasteiger partial charge is 0.322 e. The predicted octanol–water partition coefficient (Wildman–Crippen LogP) is 4.21. The van der Waals surface area contributed by atoms with Gasteiger partial charge in [-0.3, -0.25) is 4.79 Å². The van der Waals surface area contributed by atoms with Crippen molar-refractivity contribution in [2.24, 2.45) is 0 Å². The minimum atomic E-state index is -1.05. The molecule has 154 valence electrons. The van der Waals surface area contributed by atoms with Gasteiger partial charge in [0.25, 0.3) is 0 Å². The van der Waals surface area contributed by atoms with Crippen LogP contribution >= 0.6 is 15.9 Å². The Hall–Kier alpha value is -2.81. The first-order chi connectivity index (χ1) is 13.8. The van der Waals surface area contributed by atoms with E-state index in [9.17, 15) is 19.1 Å². The highest BCUT2D eigenvalue weighted by molar-refractivity contribution is 9.10. The number of anilines is 1. The standard InChI is InChI=1S/C20H20BrFN2O5/c1-28-17-7-11-5-6-24(16(10-19(25)26)13(11)9-18(17)29-2)20(27)23-15-4-3-12(21)8-14(15)22/h3-4,7-9,16H,5-6,10H2,1-2H3,(H,23,27)(H,25,26)/t16-/m0/s1. The Bertz CT molecular complexity index is 953. The van der Waals surface area contributed by atoms with Crippen LogP contribution < -0.4 is 14.8 Å². The molecule has 0 saturated carbocycles. The number of benzene rings is 2. The van der Waals surface area contributed by atoms with Crippen molar-refractivity contribution in [2.45, 2.75) is 18.9 Å². The van der Waals surface area contributed by atoms with E-state index >= 15 is 0 Å². The predicted molar refractivity (Wildman–Crippen MR) is 108 cm³/mol. The van der Waals surface area contributed by atoms with Crippen LogP contribution in [0.1, 0.15) is 23.6 Å². The highest BCUT2D eigenvalue weighted by Gasteiger charge is 2.34. The first kappa shape index (κ1) is 20.9. The molecular formula is C20H20BrFN2O5. The van der Waals surface area contributed by atoms with Gasteiger partial charge in [-0.25, -0.2) is 9.18 Å². The summed E-state index contributed by atoms with van der Waals surface area (Å²) in [6.07, 6.45) is 0.209. The van der Waals surface area contributed by atoms with Crippen molar-refractivity contribution in [1.82, 2.24) is 4.90 Å². The number of amides is 2. The molecule has 7 nitrogen and oxygen atoms in total. The number of carboxylic acids is 1. The van der Waals surface area contributed by atoms with Crippen LogP contribution in [-0.4, -0.2) is 42.8 Å². The van der Waals surface area contributed by atoms with Crippen molar-refractivity contribution >= 4 is 33.6 Å². The second-order valence-electron chi connectivity index (χ2n) is 6.52. The fourth-order valence-electron chi connectivity index (χ4n) is 3.43. The number of aliphatic carboxylic acids is 1. The molecule has 1 heterocycles. The monoisotopic (exact) mass is 466 g/mol. The molecule has 0 saturated heterocycles. The lowest BCUT2D eigenvalue weighted by Crippen LogP contribution is -2.43. The van der Waals surface area contributed by atoms with Gasteiger partial charge < -0.3 is 24.8 Å². The summed E-state index contributed by atoms with van der Waals surface area (Å²) in [6.45, 7) is 0.282. The molecule has 0 fully saturated rings. The molecule has 2 aromatic carbocycles. The lowest BCUT2D eigenvalue weighted by Gasteiger charge is -2.37. The number of nitrogens with zero attached hydrogens (tertiary/aromatic N) is 1. The SMILES string of the molecule is COc1cc2c(cc1OC)[C@H](CC(=O)O)N(C(=O)Nc1ccc(Br)cc1F)CC2. The van der Waals surface area contributed by atoms with Crippen LogP contribution in [0.5, 0.6) is 11.5 Å². The average Bonchev–Trinajstić information content (AvgIpc) is 2.68. The molecular weight excluding hydrogens is 447 g/mol. The van der Waals surface area contributed by atoms with E-state index < -0.39 is 23.9 Å². The first-order valence-electron chi connectivity index (χ1n) is 8.83. The van der Waals surface area contributed by atoms with E-state index in [1.807, 2.05) is 0 Å². The molecule has 2 aromatic rings. The van der Waals surface area contributed by atoms with Crippen molar-refractivity contribution in [3.63, 3.8) is 0 Å². The summed E-state index contributed by atoms with van der Waals surface area (Å²) >= 11 is 3.17. The number of hydrogen-bond acceptors (Lipinski definition) is 4. The number of halogens is 2. The second-order valence-corrected chi connectivity index (χ2v) is 7.43. The van der Waals surface area contributed by atoms with Gasteiger partial charge in [-0.15, -0.1) is 0 Å². The maximum atomic E-state index is 14.1. The lowest BCUT2D eigenvalue weighted by molar-refractivity contribution is -0.138. The number of carboxylic acid groups (broad SMARTS) is 1. The Morgan fingerprint density at radius 3 is 2.55 bits per heavy atom. The lowest BCUT2D eigenvalue weighted by atomic mass is 9.90. The topological polar surface area (TPSA) is 88.1 Å². The van der Waals surface area contributed by atoms with Crippen molar-refractivity contribution in [1.29, 1.82) is 0 Å². The van der Waals surface area contributed by atoms with Gasteiger partial charge in [0.2, 0.25) is 0 Å². The number of fused-ring (bicyclic) bond motifs is 1. The fraction of sp³-hybridized carbons (Fsp3) is 0.300. The minimum absolute atomic E-state index is 0.0189. The summed E-state index contributed by atoms with van der Waals surface area (Å²) in [7, 11) is 3.01. The maximum Gasteiger partial charge on any atom is 0.322 e. The third-order valence-electron chi connectivity index (χ3n) is 4.80. The van der Waals surface area contributed by atoms with Gasteiger partial charge in [0, 0.05) is 11.0 Å². The quantitative estimate of drug-likeness (QED) is 0.688. The van der Waals surface area contributed by atoms with E-state index in [0.717, 1.165) is 5.56 Å². The largest absolute Gasteiger partial charge is 0.493 e. The molecule has 0 bridgehead atoms. The van der Waals surface area contributed by atoms with Gasteiger partial charge in [0.1, 0.15) is 5.82 Å². The molecule has 0 radical (unpaired) electrons. The summed E-state index contributed by atoms with van der Waals surface area (Å²) < 4.78 is 25.3. The van der Waals surface area contributed by atoms with Crippen molar-refractivity contribution in [3.05, 3.63) is 51.7 Å². The van der Waals surface area contributed by atoms with Crippen LogP contribution in [0, 0.1) is 5.82 Å². The van der Waals surface area contributed by atoms with E-state index in [2.05, 4.69) is 21.2 Å². The van der Waals surface area contributed by atoms with Crippen molar-refractivity contribution in [3.8, 4) is 11.5 Å². The zero-order valence-electron chi connectivity index (χ0n) is 15.9. The Morgan fingerprint density at radius 1 is 1.24 bits per heavy atom. The number of urea groups is 1. The zero-order valence-corrected chi connectivity index (χ0v) is 17.5. The van der Waals surface area contributed by atoms with Gasteiger partial charge in [-0.05, 0) is 47.9 Å². The van der Waals surface area contributed by atoms with Gasteiger partial charge in [0.15, 0.2) is 11.5 Å². The summed E-state index contributed by atoms with van der Waals surface area (Å²) in [5.41, 5.74) is 1.57. The summed E-state index contributed by atoms with van der Waals surface area (Å²) in [5, 5.41) is 11.9. The molecule has 1 aliphatic rings. The number of ether oxygens (including phenoxy) is 2. The number of carbonyl (C=O) groups is 2. The van der Waals surface area contributed by atoms with E-state index in [-0.39, 0.29) is 18.7 Å². The number of hydrogen-bond donors (Lipinski definition) is 2. The Morgan fingerprint density at radius 2 is 1.93 bits per heavy atom. The summed E-state index contributed by atoms with van der Waals surface area (Å²) in [4.78, 5) is 25.8. The van der Waals surface area contributed by atoms with Crippen LogP contribution in [0.15, 0.2) is 34.8 Å². The molecule has 1 atom stereocenters. The molecule has 0 unspecified atom stereocenters. The van der Waals surface area contributed by atoms with Crippen LogP contribution in [0.25, 0.3) is 0 Å². The molecule has 3 rings (SSSR count). The second kappa shape index (κ2) is 8.69. The number of rotatable bonds is 5. The molecule has 0 spiro atoms. The summed E-state index contributed by atoms with van der Waals surface area (Å²) in [6, 6.07) is 6.49. The molecule has 0 aromatic heterocycles. The van der Waals surface area contributed by atoms with E-state index in [1.54, 1.807) is 18.2 Å². The van der Waals surface area contributed by atoms with E-state index in [1.165, 1.54) is 31.3 Å². The van der Waals surface area contributed by atoms with E-state index in [0.29, 0.717) is 28.0 Å². The Kier molecular flexibility index (Phi) is 6.26. The molecule has 2 N–H and O–H groups in total. The molecule has 29 heavy (non-hydrogen) atoms. The highest BCUT2D eigenvalue weighted by Crippen LogP contribution is 2.39. The average molecular weight is 467 g/mol. The number of nitrogens with one attached hydrogen (secondary N) is 1. The van der Waals surface area contributed by atoms with Crippen molar-refractivity contribution in [2.75, 3.05) is 26.1 Å². The third kappa shape index (κ3) is 4.45. The maximum absolute atomic E-state index is 14.1. The minimum Gasteiger partial charge on any atom is -0.493 e. The molecule has 9 heteroatoms. The normalized spacial score (nSPS) is 15.4. The van der Waals surface area contributed by atoms with E-state index in [4.69, 9.17) is 9.47 Å². The molecule has 1 aliphatic heterocycles. The first-order valence-corrected chi connectivity index (χ1v) is 9.62. The molecule has 0 aliphatic carbocycles. The highest BCUT2D eigenvalue weighted by atomic mass is 79.9. The fourth-order valence-corrected chi connectivity index (χ4v) is 3.77. The molecule has 2 amide bonds. The van der Waals surface area contributed by atoms with Crippen molar-refractivity contribution < 1.29 is 28.6 Å². The number of methoxy groups -OCH3 is 2. The van der Waals surface area contributed by atoms with Gasteiger partial charge in [-0.2, -0.15) is 0 Å². The number of carbonyl (C=O) groups excluding carboxylic acids is 1.